The van der Waals surface area contributed by atoms with E-state index in [4.69, 9.17) is 4.74 Å². The molecule has 0 saturated carbocycles. The van der Waals surface area contributed by atoms with E-state index in [9.17, 15) is 18.8 Å². The first-order valence-corrected chi connectivity index (χ1v) is 9.59. The van der Waals surface area contributed by atoms with E-state index in [1.165, 1.54) is 18.3 Å². The Kier molecular flexibility index (Phi) is 7.11. The summed E-state index contributed by atoms with van der Waals surface area (Å²) in [6.07, 6.45) is 1.46. The molecule has 0 aliphatic heterocycles. The van der Waals surface area contributed by atoms with Crippen LogP contribution in [0.4, 0.5) is 4.39 Å². The molecule has 0 aliphatic rings. The largest absolute Gasteiger partial charge is 0.489 e. The van der Waals surface area contributed by atoms with Gasteiger partial charge in [0.05, 0.1) is 12.0 Å². The van der Waals surface area contributed by atoms with Crippen molar-refractivity contribution < 1.29 is 13.9 Å². The maximum Gasteiger partial charge on any atom is 0.342 e. The van der Waals surface area contributed by atoms with E-state index in [0.717, 1.165) is 22.9 Å². The van der Waals surface area contributed by atoms with E-state index < -0.39 is 17.2 Å². The van der Waals surface area contributed by atoms with Crippen LogP contribution >= 0.6 is 11.8 Å². The zero-order valence-corrected chi connectivity index (χ0v) is 16.2. The van der Waals surface area contributed by atoms with Crippen molar-refractivity contribution in [3.8, 4) is 5.75 Å². The summed E-state index contributed by atoms with van der Waals surface area (Å²) in [5.41, 5.74) is 2.53. The fraction of sp³-hybridized carbons (Fsp3) is 0.105. The molecule has 1 aromatic heterocycles. The average Bonchev–Trinajstić information content (AvgIpc) is 2.74. The van der Waals surface area contributed by atoms with Crippen LogP contribution in [0, 0.1) is 5.82 Å². The maximum absolute atomic E-state index is 12.9. The number of amides is 1. The number of thioether (sulfide) groups is 1. The molecule has 3 rings (SSSR count). The highest BCUT2D eigenvalue weighted by Crippen LogP contribution is 2.14. The molecule has 3 N–H and O–H groups in total. The molecule has 11 heteroatoms. The number of H-pyrrole nitrogens is 2. The van der Waals surface area contributed by atoms with Gasteiger partial charge in [0.25, 0.3) is 5.56 Å². The number of rotatable bonds is 8. The Bertz CT molecular complexity index is 1140. The van der Waals surface area contributed by atoms with Crippen LogP contribution in [0.1, 0.15) is 11.1 Å². The highest BCUT2D eigenvalue weighted by Gasteiger charge is 2.07. The molecule has 1 amide bonds. The van der Waals surface area contributed by atoms with Crippen molar-refractivity contribution in [1.29, 1.82) is 0 Å². The molecule has 0 bridgehead atoms. The van der Waals surface area contributed by atoms with Crippen molar-refractivity contribution >= 4 is 23.9 Å². The number of carbonyl (C=O) groups is 1. The van der Waals surface area contributed by atoms with Crippen LogP contribution in [0.3, 0.4) is 0 Å². The molecular formula is C19H16FN5O4S. The first-order chi connectivity index (χ1) is 14.5. The number of benzene rings is 2. The van der Waals surface area contributed by atoms with Crippen LogP contribution in [-0.4, -0.2) is 33.1 Å². The van der Waals surface area contributed by atoms with Gasteiger partial charge in [-0.2, -0.15) is 10.2 Å². The molecule has 3 aromatic rings. The number of hydrogen-bond acceptors (Lipinski definition) is 7. The molecule has 1 heterocycles. The van der Waals surface area contributed by atoms with Crippen molar-refractivity contribution in [2.45, 2.75) is 11.6 Å². The lowest BCUT2D eigenvalue weighted by molar-refractivity contribution is -0.118. The van der Waals surface area contributed by atoms with E-state index >= 15 is 0 Å². The Balaban J connectivity index is 1.44. The third-order valence-electron chi connectivity index (χ3n) is 3.62. The molecule has 0 aliphatic carbocycles. The van der Waals surface area contributed by atoms with Crippen molar-refractivity contribution in [3.05, 3.63) is 86.3 Å². The topological polar surface area (TPSA) is 129 Å². The molecular weight excluding hydrogens is 413 g/mol. The lowest BCUT2D eigenvalue weighted by Gasteiger charge is -2.06. The standard InChI is InChI=1S/C19H16FN5O4S/c20-14-5-1-13(2-6-14)10-29-15-7-3-12(4-8-15)9-21-23-16(26)11-30-18-17(27)22-19(28)25-24-18/h1-9H,10-11H2,(H,23,26)(H2,22,25,27,28)/b21-9+. The molecule has 0 saturated heterocycles. The molecule has 2 aromatic carbocycles. The number of nitrogens with zero attached hydrogens (tertiary/aromatic N) is 2. The summed E-state index contributed by atoms with van der Waals surface area (Å²) in [6.45, 7) is 0.314. The molecule has 154 valence electrons. The van der Waals surface area contributed by atoms with E-state index in [0.29, 0.717) is 12.4 Å². The van der Waals surface area contributed by atoms with Crippen LogP contribution in [0.15, 0.2) is 68.2 Å². The second-order valence-corrected chi connectivity index (χ2v) is 6.84. The predicted molar refractivity (Wildman–Crippen MR) is 109 cm³/mol. The van der Waals surface area contributed by atoms with Gasteiger partial charge in [-0.3, -0.25) is 14.6 Å². The normalized spacial score (nSPS) is 10.8. The summed E-state index contributed by atoms with van der Waals surface area (Å²) in [5.74, 6) is -0.205. The van der Waals surface area contributed by atoms with E-state index in [2.05, 4.69) is 20.7 Å². The SMILES string of the molecule is O=C(CSc1n[nH]c(=O)[nH]c1=O)N/N=C/c1ccc(OCc2ccc(F)cc2)cc1. The van der Waals surface area contributed by atoms with Gasteiger partial charge < -0.3 is 4.74 Å². The Labute approximate surface area is 173 Å². The monoisotopic (exact) mass is 429 g/mol. The number of hydrazone groups is 1. The highest BCUT2D eigenvalue weighted by molar-refractivity contribution is 7.99. The molecule has 0 fully saturated rings. The van der Waals surface area contributed by atoms with Crippen LogP contribution < -0.4 is 21.4 Å². The molecule has 0 radical (unpaired) electrons. The zero-order chi connectivity index (χ0) is 21.3. The lowest BCUT2D eigenvalue weighted by Crippen LogP contribution is -2.26. The minimum atomic E-state index is -0.717. The third kappa shape index (κ3) is 6.41. The number of hydrogen-bond donors (Lipinski definition) is 3. The van der Waals surface area contributed by atoms with E-state index in [1.54, 1.807) is 36.4 Å². The van der Waals surface area contributed by atoms with Gasteiger partial charge in [-0.1, -0.05) is 23.9 Å². The van der Waals surface area contributed by atoms with Gasteiger partial charge in [0, 0.05) is 0 Å². The zero-order valence-electron chi connectivity index (χ0n) is 15.4. The summed E-state index contributed by atoms with van der Waals surface area (Å²) >= 11 is 0.868. The summed E-state index contributed by atoms with van der Waals surface area (Å²) in [6, 6.07) is 13.1. The Morgan fingerprint density at radius 3 is 2.60 bits per heavy atom. The lowest BCUT2D eigenvalue weighted by atomic mass is 10.2. The average molecular weight is 429 g/mol. The smallest absolute Gasteiger partial charge is 0.342 e. The maximum atomic E-state index is 12.9. The van der Waals surface area contributed by atoms with Gasteiger partial charge in [-0.25, -0.2) is 19.7 Å². The number of carbonyl (C=O) groups excluding carboxylic acids is 1. The fourth-order valence-corrected chi connectivity index (χ4v) is 2.80. The third-order valence-corrected chi connectivity index (χ3v) is 4.58. The second kappa shape index (κ2) is 10.2. The van der Waals surface area contributed by atoms with E-state index in [1.807, 2.05) is 4.98 Å². The highest BCUT2D eigenvalue weighted by atomic mass is 32.2. The minimum absolute atomic E-state index is 0.0232. The number of ether oxygens (including phenoxy) is 1. The van der Waals surface area contributed by atoms with Gasteiger partial charge in [-0.15, -0.1) is 0 Å². The van der Waals surface area contributed by atoms with Crippen LogP contribution in [0.5, 0.6) is 5.75 Å². The van der Waals surface area contributed by atoms with Crippen LogP contribution in [0.25, 0.3) is 0 Å². The second-order valence-electron chi connectivity index (χ2n) is 5.88. The Hall–Kier alpha value is -3.73. The number of nitrogens with one attached hydrogen (secondary N) is 3. The number of aromatic nitrogens is 3. The quantitative estimate of drug-likeness (QED) is 0.282. The molecule has 0 unspecified atom stereocenters. The van der Waals surface area contributed by atoms with Gasteiger partial charge in [0.15, 0.2) is 5.03 Å². The minimum Gasteiger partial charge on any atom is -0.489 e. The van der Waals surface area contributed by atoms with Gasteiger partial charge in [0.1, 0.15) is 18.2 Å². The summed E-state index contributed by atoms with van der Waals surface area (Å²) < 4.78 is 18.5. The molecule has 9 nitrogen and oxygen atoms in total. The van der Waals surface area contributed by atoms with Gasteiger partial charge in [0.2, 0.25) is 5.91 Å². The summed E-state index contributed by atoms with van der Waals surface area (Å²) in [5, 5.41) is 9.46. The first-order valence-electron chi connectivity index (χ1n) is 8.60. The van der Waals surface area contributed by atoms with E-state index in [-0.39, 0.29) is 16.6 Å². The van der Waals surface area contributed by atoms with Crippen molar-refractivity contribution in [3.63, 3.8) is 0 Å². The van der Waals surface area contributed by atoms with Gasteiger partial charge in [-0.05, 0) is 47.5 Å². The summed E-state index contributed by atoms with van der Waals surface area (Å²) in [4.78, 5) is 36.2. The predicted octanol–water partition coefficient (Wildman–Crippen LogP) is 1.42. The molecule has 0 atom stereocenters. The number of halogens is 1. The van der Waals surface area contributed by atoms with Crippen LogP contribution in [-0.2, 0) is 11.4 Å². The molecule has 0 spiro atoms. The van der Waals surface area contributed by atoms with Crippen molar-refractivity contribution in [1.82, 2.24) is 20.6 Å². The number of aromatic amines is 2. The Morgan fingerprint density at radius 1 is 1.17 bits per heavy atom. The Morgan fingerprint density at radius 2 is 1.90 bits per heavy atom. The van der Waals surface area contributed by atoms with Crippen molar-refractivity contribution in [2.75, 3.05) is 5.75 Å². The summed E-state index contributed by atoms with van der Waals surface area (Å²) in [7, 11) is 0. The fourth-order valence-electron chi connectivity index (χ4n) is 2.18. The molecule has 30 heavy (non-hydrogen) atoms. The van der Waals surface area contributed by atoms with Gasteiger partial charge >= 0.3 is 5.69 Å². The van der Waals surface area contributed by atoms with Crippen LogP contribution in [0.2, 0.25) is 0 Å². The van der Waals surface area contributed by atoms with Crippen molar-refractivity contribution in [2.24, 2.45) is 5.10 Å². The first kappa shape index (κ1) is 21.0.